The smallest absolute Gasteiger partial charge is 0.109 e. The van der Waals surface area contributed by atoms with E-state index in [1.807, 2.05) is 0 Å². The topological polar surface area (TPSA) is 36.9 Å². The van der Waals surface area contributed by atoms with Crippen LogP contribution in [0.25, 0.3) is 0 Å². The molecule has 2 heterocycles. The standard InChI is InChI=1S/C13H22B2O4/c1-16-6-10-8(4-12(14)18-10)3-9-5-13(15)19-11(9)7-17-2/h8-13H,3-7H2,1-2H3. The number of methoxy groups -OCH3 is 2. The van der Waals surface area contributed by atoms with Gasteiger partial charge in [-0.15, -0.1) is 0 Å². The Morgan fingerprint density at radius 1 is 0.895 bits per heavy atom. The quantitative estimate of drug-likeness (QED) is 0.653. The average Bonchev–Trinajstić information content (AvgIpc) is 2.85. The van der Waals surface area contributed by atoms with Crippen LogP contribution in [0.3, 0.4) is 0 Å². The van der Waals surface area contributed by atoms with Crippen molar-refractivity contribution in [3.05, 3.63) is 0 Å². The molecule has 2 fully saturated rings. The van der Waals surface area contributed by atoms with E-state index in [4.69, 9.17) is 34.6 Å². The molecule has 2 saturated heterocycles. The molecule has 6 unspecified atom stereocenters. The van der Waals surface area contributed by atoms with Crippen LogP contribution in [0.4, 0.5) is 0 Å². The molecule has 2 aliphatic heterocycles. The molecule has 0 N–H and O–H groups in total. The van der Waals surface area contributed by atoms with Gasteiger partial charge in [0.2, 0.25) is 0 Å². The minimum atomic E-state index is -0.179. The molecule has 6 heteroatoms. The molecule has 6 atom stereocenters. The molecule has 0 bridgehead atoms. The van der Waals surface area contributed by atoms with Crippen LogP contribution in [-0.4, -0.2) is 67.3 Å². The van der Waals surface area contributed by atoms with Gasteiger partial charge in [-0.2, -0.15) is 0 Å². The van der Waals surface area contributed by atoms with E-state index >= 15 is 0 Å². The SMILES string of the molecule is [B]C1CC(CC2CC([B])OC2COC)C(COC)O1. The van der Waals surface area contributed by atoms with Crippen LogP contribution in [0.15, 0.2) is 0 Å². The Kier molecular flexibility index (Phi) is 5.75. The molecule has 2 rings (SSSR count). The molecule has 0 amide bonds. The zero-order valence-electron chi connectivity index (χ0n) is 11.8. The third-order valence-electron chi connectivity index (χ3n) is 4.09. The number of hydrogen-bond donors (Lipinski definition) is 0. The summed E-state index contributed by atoms with van der Waals surface area (Å²) >= 11 is 0. The highest BCUT2D eigenvalue weighted by Gasteiger charge is 2.39. The van der Waals surface area contributed by atoms with Gasteiger partial charge in [-0.25, -0.2) is 0 Å². The first-order valence-corrected chi connectivity index (χ1v) is 6.94. The van der Waals surface area contributed by atoms with Crippen LogP contribution in [0.1, 0.15) is 19.3 Å². The summed E-state index contributed by atoms with van der Waals surface area (Å²) in [5, 5.41) is 0. The zero-order valence-corrected chi connectivity index (χ0v) is 11.8. The van der Waals surface area contributed by atoms with Crippen molar-refractivity contribution in [1.29, 1.82) is 0 Å². The molecule has 104 valence electrons. The van der Waals surface area contributed by atoms with Crippen molar-refractivity contribution in [1.82, 2.24) is 0 Å². The van der Waals surface area contributed by atoms with E-state index < -0.39 is 0 Å². The van der Waals surface area contributed by atoms with Gasteiger partial charge in [-0.3, -0.25) is 0 Å². The summed E-state index contributed by atoms with van der Waals surface area (Å²) in [5.74, 6) is 0.821. The Hall–Kier alpha value is -0.0301. The van der Waals surface area contributed by atoms with E-state index in [-0.39, 0.29) is 24.2 Å². The van der Waals surface area contributed by atoms with Gasteiger partial charge in [0.25, 0.3) is 0 Å². The lowest BCUT2D eigenvalue weighted by Crippen LogP contribution is -2.28. The Labute approximate surface area is 118 Å². The van der Waals surface area contributed by atoms with Gasteiger partial charge in [-0.05, 0) is 31.1 Å². The largest absolute Gasteiger partial charge is 0.382 e. The van der Waals surface area contributed by atoms with Gasteiger partial charge in [0.15, 0.2) is 0 Å². The third-order valence-corrected chi connectivity index (χ3v) is 4.09. The first-order valence-electron chi connectivity index (χ1n) is 6.94. The predicted molar refractivity (Wildman–Crippen MR) is 73.4 cm³/mol. The van der Waals surface area contributed by atoms with E-state index in [9.17, 15) is 0 Å². The zero-order chi connectivity index (χ0) is 13.8. The summed E-state index contributed by atoms with van der Waals surface area (Å²) in [4.78, 5) is 0. The van der Waals surface area contributed by atoms with Gasteiger partial charge >= 0.3 is 0 Å². The summed E-state index contributed by atoms with van der Waals surface area (Å²) in [5.41, 5.74) is 0. The predicted octanol–water partition coefficient (Wildman–Crippen LogP) is 0.469. The second kappa shape index (κ2) is 7.11. The van der Waals surface area contributed by atoms with Gasteiger partial charge < -0.3 is 18.9 Å². The number of ether oxygens (including phenoxy) is 4. The maximum Gasteiger partial charge on any atom is 0.109 e. The van der Waals surface area contributed by atoms with Crippen molar-refractivity contribution in [2.45, 2.75) is 43.5 Å². The molecular weight excluding hydrogens is 242 g/mol. The maximum absolute atomic E-state index is 5.88. The fourth-order valence-electron chi connectivity index (χ4n) is 3.25. The highest BCUT2D eigenvalue weighted by Crippen LogP contribution is 2.37. The van der Waals surface area contributed by atoms with Crippen molar-refractivity contribution in [3.63, 3.8) is 0 Å². The monoisotopic (exact) mass is 264 g/mol. The van der Waals surface area contributed by atoms with E-state index in [2.05, 4.69) is 0 Å². The third kappa shape index (κ3) is 3.97. The average molecular weight is 264 g/mol. The highest BCUT2D eigenvalue weighted by molar-refractivity contribution is 6.11. The van der Waals surface area contributed by atoms with Crippen molar-refractivity contribution < 1.29 is 18.9 Å². The van der Waals surface area contributed by atoms with Crippen LogP contribution in [-0.2, 0) is 18.9 Å². The van der Waals surface area contributed by atoms with Crippen LogP contribution in [0.2, 0.25) is 0 Å². The lowest BCUT2D eigenvalue weighted by molar-refractivity contribution is -0.00925. The molecule has 0 aromatic rings. The van der Waals surface area contributed by atoms with Crippen LogP contribution >= 0.6 is 0 Å². The number of hydrogen-bond acceptors (Lipinski definition) is 4. The van der Waals surface area contributed by atoms with Crippen LogP contribution < -0.4 is 0 Å². The van der Waals surface area contributed by atoms with E-state index in [0.29, 0.717) is 25.0 Å². The first kappa shape index (κ1) is 15.4. The van der Waals surface area contributed by atoms with E-state index in [1.165, 1.54) is 0 Å². The molecule has 0 spiro atoms. The summed E-state index contributed by atoms with van der Waals surface area (Å²) in [6, 6.07) is -0.357. The van der Waals surface area contributed by atoms with Gasteiger partial charge in [-0.1, -0.05) is 0 Å². The molecule has 0 aromatic heterocycles. The summed E-state index contributed by atoms with van der Waals surface area (Å²) < 4.78 is 21.8. The summed E-state index contributed by atoms with van der Waals surface area (Å²) in [7, 11) is 15.1. The van der Waals surface area contributed by atoms with E-state index in [1.54, 1.807) is 14.2 Å². The van der Waals surface area contributed by atoms with Crippen molar-refractivity contribution in [3.8, 4) is 0 Å². The Morgan fingerprint density at radius 3 is 1.68 bits per heavy atom. The minimum absolute atomic E-state index is 0.0834. The van der Waals surface area contributed by atoms with Crippen LogP contribution in [0, 0.1) is 11.8 Å². The van der Waals surface area contributed by atoms with Crippen molar-refractivity contribution >= 4 is 15.7 Å². The molecular formula is C13H22B2O4. The normalized spacial score (nSPS) is 42.8. The molecule has 0 saturated carbocycles. The Balaban J connectivity index is 1.91. The Morgan fingerprint density at radius 2 is 1.32 bits per heavy atom. The van der Waals surface area contributed by atoms with E-state index in [0.717, 1.165) is 19.3 Å². The van der Waals surface area contributed by atoms with Crippen molar-refractivity contribution in [2.24, 2.45) is 11.8 Å². The van der Waals surface area contributed by atoms with Crippen LogP contribution in [0.5, 0.6) is 0 Å². The maximum atomic E-state index is 5.88. The minimum Gasteiger partial charge on any atom is -0.382 e. The van der Waals surface area contributed by atoms with Gasteiger partial charge in [0.1, 0.15) is 15.7 Å². The summed E-state index contributed by atoms with van der Waals surface area (Å²) in [6.07, 6.45) is 2.92. The molecule has 0 aromatic carbocycles. The molecule has 4 nitrogen and oxygen atoms in total. The van der Waals surface area contributed by atoms with Gasteiger partial charge in [0.05, 0.1) is 25.4 Å². The first-order chi connectivity index (χ1) is 9.13. The highest BCUT2D eigenvalue weighted by atomic mass is 16.5. The molecule has 19 heavy (non-hydrogen) atoms. The molecule has 2 aliphatic rings. The second-order valence-electron chi connectivity index (χ2n) is 5.56. The lowest BCUT2D eigenvalue weighted by atomic mass is 9.80. The van der Waals surface area contributed by atoms with Crippen molar-refractivity contribution in [2.75, 3.05) is 27.4 Å². The molecule has 4 radical (unpaired) electrons. The lowest BCUT2D eigenvalue weighted by Gasteiger charge is -2.24. The fraction of sp³-hybridized carbons (Fsp3) is 1.00. The fourth-order valence-corrected chi connectivity index (χ4v) is 3.25. The number of rotatable bonds is 6. The molecule has 0 aliphatic carbocycles. The Bertz CT molecular complexity index is 253. The van der Waals surface area contributed by atoms with Gasteiger partial charge in [0, 0.05) is 26.2 Å². The summed E-state index contributed by atoms with van der Waals surface area (Å²) in [6.45, 7) is 1.18. The second-order valence-corrected chi connectivity index (χ2v) is 5.56.